The summed E-state index contributed by atoms with van der Waals surface area (Å²) in [6.07, 6.45) is 2.01. The fraction of sp³-hybridized carbons (Fsp3) is 0.875. The first-order valence-electron chi connectivity index (χ1n) is 4.70. The number of carbonyl (C=O) groups excluding carboxylic acids is 1. The summed E-state index contributed by atoms with van der Waals surface area (Å²) in [5.74, 6) is 0. The summed E-state index contributed by atoms with van der Waals surface area (Å²) in [6.45, 7) is 3.69. The van der Waals surface area contributed by atoms with Crippen LogP contribution in [0.15, 0.2) is 0 Å². The fourth-order valence-corrected chi connectivity index (χ4v) is 1.67. The first kappa shape index (κ1) is 10.3. The first-order chi connectivity index (χ1) is 6.22. The summed E-state index contributed by atoms with van der Waals surface area (Å²) < 4.78 is 0. The van der Waals surface area contributed by atoms with Crippen LogP contribution in [0.1, 0.15) is 12.8 Å². The van der Waals surface area contributed by atoms with E-state index in [4.69, 9.17) is 11.5 Å². The van der Waals surface area contributed by atoms with Crippen molar-refractivity contribution in [1.82, 2.24) is 10.2 Å². The minimum atomic E-state index is -0.425. The van der Waals surface area contributed by atoms with Crippen molar-refractivity contribution in [3.63, 3.8) is 0 Å². The number of amides is 2. The van der Waals surface area contributed by atoms with E-state index in [0.29, 0.717) is 0 Å². The number of urea groups is 1. The monoisotopic (exact) mass is 186 g/mol. The second-order valence-electron chi connectivity index (χ2n) is 3.44. The largest absolute Gasteiger partial charge is 0.352 e. The molecule has 5 N–H and O–H groups in total. The summed E-state index contributed by atoms with van der Waals surface area (Å²) in [5.41, 5.74) is 10.4. The van der Waals surface area contributed by atoms with Crippen LogP contribution in [-0.2, 0) is 0 Å². The number of carbonyl (C=O) groups is 1. The Labute approximate surface area is 78.4 Å². The van der Waals surface area contributed by atoms with Crippen molar-refractivity contribution < 1.29 is 4.79 Å². The van der Waals surface area contributed by atoms with E-state index in [1.165, 1.54) is 0 Å². The van der Waals surface area contributed by atoms with E-state index in [2.05, 4.69) is 10.2 Å². The van der Waals surface area contributed by atoms with Crippen molar-refractivity contribution in [1.29, 1.82) is 0 Å². The van der Waals surface area contributed by atoms with Crippen molar-refractivity contribution >= 4 is 6.03 Å². The van der Waals surface area contributed by atoms with Crippen LogP contribution >= 0.6 is 0 Å². The Morgan fingerprint density at radius 1 is 1.62 bits per heavy atom. The molecule has 0 aliphatic carbocycles. The highest BCUT2D eigenvalue weighted by atomic mass is 16.2. The highest BCUT2D eigenvalue weighted by molar-refractivity contribution is 5.72. The van der Waals surface area contributed by atoms with Gasteiger partial charge in [-0.3, -0.25) is 0 Å². The lowest BCUT2D eigenvalue weighted by atomic mass is 10.3. The number of rotatable bonds is 4. The fourth-order valence-electron chi connectivity index (χ4n) is 1.67. The second-order valence-corrected chi connectivity index (χ2v) is 3.44. The van der Waals surface area contributed by atoms with Gasteiger partial charge in [0, 0.05) is 19.1 Å². The molecule has 0 spiro atoms. The molecule has 2 amide bonds. The molecule has 1 fully saturated rings. The normalized spacial score (nSPS) is 23.3. The standard InChI is InChI=1S/C8H18N4O/c9-3-1-4-12-5-2-7(6-12)11-8(10)13/h7H,1-6,9H2,(H3,10,11,13)/t7-/m0/s1. The third-order valence-corrected chi connectivity index (χ3v) is 2.30. The van der Waals surface area contributed by atoms with E-state index < -0.39 is 6.03 Å². The van der Waals surface area contributed by atoms with Gasteiger partial charge >= 0.3 is 6.03 Å². The van der Waals surface area contributed by atoms with Gasteiger partial charge < -0.3 is 21.7 Å². The van der Waals surface area contributed by atoms with Gasteiger partial charge in [0.25, 0.3) is 0 Å². The smallest absolute Gasteiger partial charge is 0.312 e. The average Bonchev–Trinajstić information content (AvgIpc) is 2.48. The zero-order chi connectivity index (χ0) is 9.68. The van der Waals surface area contributed by atoms with Gasteiger partial charge in [-0.15, -0.1) is 0 Å². The molecule has 0 bridgehead atoms. The molecule has 1 aliphatic rings. The Morgan fingerprint density at radius 3 is 3.00 bits per heavy atom. The molecule has 5 heteroatoms. The third-order valence-electron chi connectivity index (χ3n) is 2.30. The minimum absolute atomic E-state index is 0.232. The lowest BCUT2D eigenvalue weighted by Gasteiger charge is -2.15. The van der Waals surface area contributed by atoms with Crippen LogP contribution in [0.2, 0.25) is 0 Å². The van der Waals surface area contributed by atoms with E-state index in [9.17, 15) is 4.79 Å². The van der Waals surface area contributed by atoms with Crippen LogP contribution in [0, 0.1) is 0 Å². The molecule has 1 heterocycles. The average molecular weight is 186 g/mol. The summed E-state index contributed by atoms with van der Waals surface area (Å²) in [5, 5.41) is 2.71. The molecular formula is C8H18N4O. The molecule has 0 aromatic rings. The Morgan fingerprint density at radius 2 is 2.38 bits per heavy atom. The molecule has 0 aromatic carbocycles. The van der Waals surface area contributed by atoms with Crippen molar-refractivity contribution in [2.75, 3.05) is 26.2 Å². The van der Waals surface area contributed by atoms with Gasteiger partial charge in [-0.05, 0) is 25.9 Å². The topological polar surface area (TPSA) is 84.4 Å². The lowest BCUT2D eigenvalue weighted by Crippen LogP contribution is -2.40. The molecule has 1 aliphatic heterocycles. The molecule has 1 saturated heterocycles. The molecule has 0 aromatic heterocycles. The van der Waals surface area contributed by atoms with Crippen LogP contribution in [0.3, 0.4) is 0 Å². The van der Waals surface area contributed by atoms with Gasteiger partial charge in [-0.25, -0.2) is 4.79 Å². The quantitative estimate of drug-likeness (QED) is 0.531. The van der Waals surface area contributed by atoms with Crippen molar-refractivity contribution in [2.24, 2.45) is 11.5 Å². The zero-order valence-electron chi connectivity index (χ0n) is 7.83. The van der Waals surface area contributed by atoms with E-state index in [-0.39, 0.29) is 6.04 Å². The van der Waals surface area contributed by atoms with E-state index >= 15 is 0 Å². The number of nitrogens with one attached hydrogen (secondary N) is 1. The number of primary amides is 1. The Bertz CT molecular complexity index is 174. The summed E-state index contributed by atoms with van der Waals surface area (Å²) in [6, 6.07) is -0.194. The van der Waals surface area contributed by atoms with Crippen LogP contribution in [-0.4, -0.2) is 43.2 Å². The predicted octanol–water partition coefficient (Wildman–Crippen LogP) is -0.922. The number of nitrogens with two attached hydrogens (primary N) is 2. The van der Waals surface area contributed by atoms with Gasteiger partial charge in [-0.1, -0.05) is 0 Å². The van der Waals surface area contributed by atoms with Crippen LogP contribution in [0.25, 0.3) is 0 Å². The molecule has 76 valence electrons. The van der Waals surface area contributed by atoms with Gasteiger partial charge in [0.2, 0.25) is 0 Å². The van der Waals surface area contributed by atoms with Gasteiger partial charge in [-0.2, -0.15) is 0 Å². The molecule has 13 heavy (non-hydrogen) atoms. The molecule has 5 nitrogen and oxygen atoms in total. The Kier molecular flexibility index (Phi) is 3.98. The van der Waals surface area contributed by atoms with Gasteiger partial charge in [0.15, 0.2) is 0 Å². The SMILES string of the molecule is NCCCN1CC[C@H](NC(N)=O)C1. The first-order valence-corrected chi connectivity index (χ1v) is 4.70. The van der Waals surface area contributed by atoms with Crippen LogP contribution in [0.5, 0.6) is 0 Å². The number of nitrogens with zero attached hydrogens (tertiary/aromatic N) is 1. The number of likely N-dealkylation sites (tertiary alicyclic amines) is 1. The molecule has 1 rings (SSSR count). The highest BCUT2D eigenvalue weighted by Crippen LogP contribution is 2.08. The highest BCUT2D eigenvalue weighted by Gasteiger charge is 2.22. The van der Waals surface area contributed by atoms with E-state index in [0.717, 1.165) is 39.0 Å². The van der Waals surface area contributed by atoms with E-state index in [1.807, 2.05) is 0 Å². The van der Waals surface area contributed by atoms with Gasteiger partial charge in [0.05, 0.1) is 0 Å². The second kappa shape index (κ2) is 5.04. The molecular weight excluding hydrogens is 168 g/mol. The maximum Gasteiger partial charge on any atom is 0.312 e. The van der Waals surface area contributed by atoms with Crippen molar-refractivity contribution in [3.05, 3.63) is 0 Å². The molecule has 0 radical (unpaired) electrons. The zero-order valence-corrected chi connectivity index (χ0v) is 7.83. The third kappa shape index (κ3) is 3.61. The minimum Gasteiger partial charge on any atom is -0.352 e. The summed E-state index contributed by atoms with van der Waals surface area (Å²) >= 11 is 0. The van der Waals surface area contributed by atoms with Crippen LogP contribution in [0.4, 0.5) is 4.79 Å². The Balaban J connectivity index is 2.16. The van der Waals surface area contributed by atoms with Crippen LogP contribution < -0.4 is 16.8 Å². The molecule has 0 unspecified atom stereocenters. The number of hydrogen-bond donors (Lipinski definition) is 3. The van der Waals surface area contributed by atoms with Crippen molar-refractivity contribution in [3.8, 4) is 0 Å². The maximum atomic E-state index is 10.5. The summed E-state index contributed by atoms with van der Waals surface area (Å²) in [4.78, 5) is 12.8. The number of hydrogen-bond acceptors (Lipinski definition) is 3. The van der Waals surface area contributed by atoms with E-state index in [1.54, 1.807) is 0 Å². The molecule has 0 saturated carbocycles. The van der Waals surface area contributed by atoms with Gasteiger partial charge in [0.1, 0.15) is 0 Å². The molecule has 1 atom stereocenters. The maximum absolute atomic E-state index is 10.5. The predicted molar refractivity (Wildman–Crippen MR) is 51.2 cm³/mol. The van der Waals surface area contributed by atoms with Crippen molar-refractivity contribution in [2.45, 2.75) is 18.9 Å². The lowest BCUT2D eigenvalue weighted by molar-refractivity contribution is 0.244. The summed E-state index contributed by atoms with van der Waals surface area (Å²) in [7, 11) is 0. The Hall–Kier alpha value is -0.810.